The van der Waals surface area contributed by atoms with Gasteiger partial charge in [-0.1, -0.05) is 23.9 Å². The van der Waals surface area contributed by atoms with Crippen molar-refractivity contribution in [2.24, 2.45) is 0 Å². The van der Waals surface area contributed by atoms with Crippen molar-refractivity contribution in [2.75, 3.05) is 11.1 Å². The van der Waals surface area contributed by atoms with Gasteiger partial charge in [0.2, 0.25) is 5.91 Å². The smallest absolute Gasteiger partial charge is 0.234 e. The summed E-state index contributed by atoms with van der Waals surface area (Å²) in [6, 6.07) is 17.1. The topological polar surface area (TPSA) is 100 Å². The molecule has 1 N–H and O–H groups in total. The molecule has 8 nitrogen and oxygen atoms in total. The number of hydrogen-bond donors (Lipinski definition) is 1. The lowest BCUT2D eigenvalue weighted by molar-refractivity contribution is -0.113. The Kier molecular flexibility index (Phi) is 5.28. The number of amides is 1. The van der Waals surface area contributed by atoms with E-state index < -0.39 is 0 Å². The Hall–Kier alpha value is -4.16. The van der Waals surface area contributed by atoms with E-state index in [2.05, 4.69) is 53.6 Å². The van der Waals surface area contributed by atoms with Crippen LogP contribution in [0.4, 0.5) is 5.69 Å². The highest BCUT2D eigenvalue weighted by molar-refractivity contribution is 7.99. The lowest BCUT2D eigenvalue weighted by atomic mass is 10.0. The van der Waals surface area contributed by atoms with E-state index in [-0.39, 0.29) is 11.7 Å². The zero-order valence-electron chi connectivity index (χ0n) is 18.0. The van der Waals surface area contributed by atoms with E-state index in [0.29, 0.717) is 22.1 Å². The van der Waals surface area contributed by atoms with Crippen LogP contribution in [0.5, 0.6) is 0 Å². The van der Waals surface area contributed by atoms with Crippen LogP contribution in [0.2, 0.25) is 0 Å². The third kappa shape index (κ3) is 4.04. The number of aromatic nitrogens is 5. The molecular weight excluding hydrogens is 434 g/mol. The third-order valence-corrected chi connectivity index (χ3v) is 6.36. The summed E-state index contributed by atoms with van der Waals surface area (Å²) in [5, 5.41) is 25.6. The van der Waals surface area contributed by atoms with Crippen LogP contribution < -0.4 is 5.32 Å². The minimum absolute atomic E-state index is 0.163. The van der Waals surface area contributed by atoms with Gasteiger partial charge in [-0.3, -0.25) is 9.20 Å². The highest BCUT2D eigenvalue weighted by Crippen LogP contribution is 2.25. The number of carbonyl (C=O) groups excluding carboxylic acids is 1. The third-order valence-electron chi connectivity index (χ3n) is 5.42. The molecule has 1 amide bonds. The zero-order valence-corrected chi connectivity index (χ0v) is 18.8. The van der Waals surface area contributed by atoms with E-state index in [0.717, 1.165) is 16.8 Å². The molecule has 0 fully saturated rings. The summed E-state index contributed by atoms with van der Waals surface area (Å²) in [5.74, 6) is 0.0167. The number of carbonyl (C=O) groups is 1. The Labute approximate surface area is 193 Å². The van der Waals surface area contributed by atoms with E-state index in [1.165, 1.54) is 22.9 Å². The predicted molar refractivity (Wildman–Crippen MR) is 127 cm³/mol. The minimum Gasteiger partial charge on any atom is -0.325 e. The molecule has 5 rings (SSSR count). The largest absolute Gasteiger partial charge is 0.325 e. The summed E-state index contributed by atoms with van der Waals surface area (Å²) >= 11 is 1.30. The summed E-state index contributed by atoms with van der Waals surface area (Å²) in [4.78, 5) is 12.4. The summed E-state index contributed by atoms with van der Waals surface area (Å²) in [7, 11) is 0. The molecular formula is C24H19N7OS. The van der Waals surface area contributed by atoms with Gasteiger partial charge in [-0.15, -0.1) is 10.2 Å². The normalized spacial score (nSPS) is 11.1. The van der Waals surface area contributed by atoms with Crippen LogP contribution in [0.25, 0.3) is 22.4 Å². The molecule has 3 aromatic heterocycles. The first-order chi connectivity index (χ1) is 16.0. The number of anilines is 1. The molecule has 0 aliphatic carbocycles. The Morgan fingerprint density at radius 3 is 2.64 bits per heavy atom. The molecule has 5 aromatic rings. The van der Waals surface area contributed by atoms with E-state index in [9.17, 15) is 4.79 Å². The maximum atomic E-state index is 12.4. The summed E-state index contributed by atoms with van der Waals surface area (Å²) in [5.41, 5.74) is 7.08. The van der Waals surface area contributed by atoms with Gasteiger partial charge < -0.3 is 5.32 Å². The number of thioether (sulfide) groups is 1. The number of nitrogens with zero attached hydrogens (tertiary/aromatic N) is 6. The van der Waals surface area contributed by atoms with Crippen molar-refractivity contribution in [1.29, 1.82) is 5.26 Å². The Bertz CT molecular complexity index is 1540. The van der Waals surface area contributed by atoms with Gasteiger partial charge in [-0.2, -0.15) is 10.4 Å². The first kappa shape index (κ1) is 20.7. The van der Waals surface area contributed by atoms with Crippen molar-refractivity contribution in [3.8, 4) is 17.3 Å². The van der Waals surface area contributed by atoms with Gasteiger partial charge in [0.05, 0.1) is 23.1 Å². The molecule has 2 aromatic carbocycles. The van der Waals surface area contributed by atoms with Crippen LogP contribution in [-0.2, 0) is 4.79 Å². The van der Waals surface area contributed by atoms with Crippen LogP contribution >= 0.6 is 11.8 Å². The van der Waals surface area contributed by atoms with Gasteiger partial charge in [0.15, 0.2) is 10.8 Å². The SMILES string of the molecule is Cc1ccc(-c2cc3c4nnc(SCC(=O)Nc5ccc(C#N)cc5)n4ccn3n2)cc1C. The standard InChI is InChI=1S/C24H19N7OS/c1-15-3-6-18(11-16(15)2)20-12-21-23-27-28-24(30(23)9-10-31(21)29-20)33-14-22(32)26-19-7-4-17(13-25)5-8-19/h3-12H,14H2,1-2H3,(H,26,32). The molecule has 0 bridgehead atoms. The minimum atomic E-state index is -0.163. The molecule has 33 heavy (non-hydrogen) atoms. The van der Waals surface area contributed by atoms with Crippen molar-refractivity contribution >= 4 is 34.5 Å². The van der Waals surface area contributed by atoms with E-state index >= 15 is 0 Å². The van der Waals surface area contributed by atoms with Crippen molar-refractivity contribution in [2.45, 2.75) is 19.0 Å². The monoisotopic (exact) mass is 453 g/mol. The van der Waals surface area contributed by atoms with Crippen molar-refractivity contribution < 1.29 is 4.79 Å². The van der Waals surface area contributed by atoms with Gasteiger partial charge in [0.1, 0.15) is 5.52 Å². The molecule has 0 atom stereocenters. The number of hydrogen-bond acceptors (Lipinski definition) is 6. The molecule has 162 valence electrons. The zero-order chi connectivity index (χ0) is 22.9. The second kappa shape index (κ2) is 8.41. The molecule has 3 heterocycles. The van der Waals surface area contributed by atoms with E-state index in [4.69, 9.17) is 10.4 Å². The van der Waals surface area contributed by atoms with Crippen molar-refractivity contribution in [1.82, 2.24) is 24.2 Å². The Balaban J connectivity index is 1.35. The lowest BCUT2D eigenvalue weighted by Gasteiger charge is -2.04. The number of nitriles is 1. The molecule has 0 spiro atoms. The van der Waals surface area contributed by atoms with Crippen LogP contribution in [0.3, 0.4) is 0 Å². The van der Waals surface area contributed by atoms with Crippen molar-refractivity contribution in [3.05, 3.63) is 77.6 Å². The maximum Gasteiger partial charge on any atom is 0.234 e. The van der Waals surface area contributed by atoms with Crippen molar-refractivity contribution in [3.63, 3.8) is 0 Å². The maximum absolute atomic E-state index is 12.4. The molecule has 0 radical (unpaired) electrons. The second-order valence-corrected chi connectivity index (χ2v) is 8.60. The molecule has 0 aliphatic heterocycles. The first-order valence-corrected chi connectivity index (χ1v) is 11.2. The number of fused-ring (bicyclic) bond motifs is 3. The van der Waals surface area contributed by atoms with Gasteiger partial charge in [-0.05, 0) is 61.4 Å². The Morgan fingerprint density at radius 2 is 1.88 bits per heavy atom. The second-order valence-electron chi connectivity index (χ2n) is 7.66. The lowest BCUT2D eigenvalue weighted by Crippen LogP contribution is -2.14. The van der Waals surface area contributed by atoms with E-state index in [1.54, 1.807) is 28.8 Å². The van der Waals surface area contributed by atoms with Gasteiger partial charge >= 0.3 is 0 Å². The predicted octanol–water partition coefficient (Wildman–Crippen LogP) is 4.26. The quantitative estimate of drug-likeness (QED) is 0.399. The van der Waals surface area contributed by atoms with Crippen LogP contribution in [0.15, 0.2) is 66.1 Å². The Morgan fingerprint density at radius 1 is 1.06 bits per heavy atom. The molecule has 9 heteroatoms. The summed E-state index contributed by atoms with van der Waals surface area (Å²) in [6.07, 6.45) is 3.71. The van der Waals surface area contributed by atoms with Gasteiger partial charge in [0.25, 0.3) is 0 Å². The van der Waals surface area contributed by atoms with Crippen LogP contribution in [-0.4, -0.2) is 35.9 Å². The number of nitrogens with one attached hydrogen (secondary N) is 1. The fourth-order valence-corrected chi connectivity index (χ4v) is 4.20. The number of benzene rings is 2. The van der Waals surface area contributed by atoms with Gasteiger partial charge in [-0.25, -0.2) is 4.52 Å². The number of rotatable bonds is 5. The molecule has 0 unspecified atom stereocenters. The van der Waals surface area contributed by atoms with Gasteiger partial charge in [0, 0.05) is 23.6 Å². The average molecular weight is 454 g/mol. The summed E-state index contributed by atoms with van der Waals surface area (Å²) in [6.45, 7) is 4.18. The molecule has 0 saturated heterocycles. The molecule has 0 aliphatic rings. The highest BCUT2D eigenvalue weighted by Gasteiger charge is 2.14. The highest BCUT2D eigenvalue weighted by atomic mass is 32.2. The fourth-order valence-electron chi connectivity index (χ4n) is 3.49. The molecule has 0 saturated carbocycles. The summed E-state index contributed by atoms with van der Waals surface area (Å²) < 4.78 is 3.65. The van der Waals surface area contributed by atoms with Crippen LogP contribution in [0, 0.1) is 25.2 Å². The number of aryl methyl sites for hydroxylation is 2. The van der Waals surface area contributed by atoms with Crippen LogP contribution in [0.1, 0.15) is 16.7 Å². The van der Waals surface area contributed by atoms with E-state index in [1.807, 2.05) is 22.9 Å². The fraction of sp³-hybridized carbons (Fsp3) is 0.125. The first-order valence-electron chi connectivity index (χ1n) is 10.3. The average Bonchev–Trinajstić information content (AvgIpc) is 3.44.